The second-order valence-corrected chi connectivity index (χ2v) is 4.63. The Morgan fingerprint density at radius 2 is 2.29 bits per heavy atom. The molecule has 1 saturated carbocycles. The Hall–Kier alpha value is -0.340. The Labute approximate surface area is 86.0 Å². The van der Waals surface area contributed by atoms with E-state index in [0.717, 1.165) is 32.1 Å². The lowest BCUT2D eigenvalue weighted by Gasteiger charge is -2.42. The van der Waals surface area contributed by atoms with Gasteiger partial charge in [-0.2, -0.15) is 0 Å². The third-order valence-electron chi connectivity index (χ3n) is 3.77. The van der Waals surface area contributed by atoms with Crippen molar-refractivity contribution in [2.24, 2.45) is 0 Å². The first-order valence-electron chi connectivity index (χ1n) is 5.68. The fraction of sp³-hybridized carbons (Fsp3) is 0.833. The van der Waals surface area contributed by atoms with E-state index in [1.54, 1.807) is 7.11 Å². The predicted octanol–water partition coefficient (Wildman–Crippen LogP) is 2.42. The molecule has 0 aromatic heterocycles. The lowest BCUT2D eigenvalue weighted by Crippen LogP contribution is -2.42. The molecule has 2 rings (SSSR count). The van der Waals surface area contributed by atoms with Gasteiger partial charge in [0.05, 0.1) is 11.7 Å². The highest BCUT2D eigenvalue weighted by molar-refractivity contribution is 5.14. The minimum Gasteiger partial charge on any atom is -0.389 e. The number of aliphatic hydroxyl groups is 1. The summed E-state index contributed by atoms with van der Waals surface area (Å²) in [7, 11) is 1.77. The molecule has 0 radical (unpaired) electrons. The maximum absolute atomic E-state index is 10.0. The lowest BCUT2D eigenvalue weighted by atomic mass is 9.75. The van der Waals surface area contributed by atoms with Crippen molar-refractivity contribution in [2.75, 3.05) is 7.11 Å². The van der Waals surface area contributed by atoms with Crippen LogP contribution >= 0.6 is 0 Å². The quantitative estimate of drug-likeness (QED) is 0.700. The topological polar surface area (TPSA) is 29.5 Å². The molecule has 1 unspecified atom stereocenters. The summed E-state index contributed by atoms with van der Waals surface area (Å²) in [6.07, 6.45) is 9.68. The molecule has 0 heterocycles. The normalized spacial score (nSPS) is 26.9. The summed E-state index contributed by atoms with van der Waals surface area (Å²) in [6, 6.07) is 0. The molecule has 0 aromatic rings. The van der Waals surface area contributed by atoms with Gasteiger partial charge >= 0.3 is 0 Å². The first-order chi connectivity index (χ1) is 6.76. The van der Waals surface area contributed by atoms with Crippen molar-refractivity contribution in [3.8, 4) is 0 Å². The molecule has 0 saturated heterocycles. The molecule has 1 fully saturated rings. The molecule has 80 valence electrons. The zero-order chi connectivity index (χ0) is 10.0. The van der Waals surface area contributed by atoms with Crippen molar-refractivity contribution in [2.45, 2.75) is 56.7 Å². The number of hydrogen-bond acceptors (Lipinski definition) is 2. The average molecular weight is 196 g/mol. The average Bonchev–Trinajstić information content (AvgIpc) is 2.63. The van der Waals surface area contributed by atoms with Gasteiger partial charge in [-0.1, -0.05) is 6.08 Å². The fourth-order valence-corrected chi connectivity index (χ4v) is 2.54. The summed E-state index contributed by atoms with van der Waals surface area (Å²) in [6.45, 7) is 0. The van der Waals surface area contributed by atoms with Gasteiger partial charge in [-0.25, -0.2) is 0 Å². The molecule has 2 nitrogen and oxygen atoms in total. The molecule has 0 bridgehead atoms. The van der Waals surface area contributed by atoms with Gasteiger partial charge in [0.2, 0.25) is 0 Å². The number of hydrogen-bond donors (Lipinski definition) is 1. The molecule has 1 N–H and O–H groups in total. The van der Waals surface area contributed by atoms with Crippen LogP contribution in [0.5, 0.6) is 0 Å². The van der Waals surface area contributed by atoms with Crippen LogP contribution in [0.3, 0.4) is 0 Å². The van der Waals surface area contributed by atoms with E-state index in [1.165, 1.54) is 18.4 Å². The Morgan fingerprint density at radius 3 is 2.71 bits per heavy atom. The Balaban J connectivity index is 1.89. The van der Waals surface area contributed by atoms with Crippen LogP contribution in [0.25, 0.3) is 0 Å². The summed E-state index contributed by atoms with van der Waals surface area (Å²) in [4.78, 5) is 0. The van der Waals surface area contributed by atoms with Gasteiger partial charge in [0.15, 0.2) is 0 Å². The largest absolute Gasteiger partial charge is 0.389 e. The molecule has 0 amide bonds. The third-order valence-corrected chi connectivity index (χ3v) is 3.77. The van der Waals surface area contributed by atoms with E-state index in [9.17, 15) is 5.11 Å². The highest BCUT2D eigenvalue weighted by Crippen LogP contribution is 2.40. The van der Waals surface area contributed by atoms with Crippen LogP contribution < -0.4 is 0 Å². The summed E-state index contributed by atoms with van der Waals surface area (Å²) in [5.74, 6) is 0. The molecule has 2 heteroatoms. The highest BCUT2D eigenvalue weighted by atomic mass is 16.5. The van der Waals surface area contributed by atoms with Crippen LogP contribution in [0.4, 0.5) is 0 Å². The number of ether oxygens (including phenoxy) is 1. The monoisotopic (exact) mass is 196 g/mol. The molecule has 0 spiro atoms. The third kappa shape index (κ3) is 1.86. The number of allylic oxidation sites excluding steroid dienone is 1. The van der Waals surface area contributed by atoms with E-state index in [-0.39, 0.29) is 11.7 Å². The predicted molar refractivity (Wildman–Crippen MR) is 56.1 cm³/mol. The molecule has 0 aromatic carbocycles. The number of methoxy groups -OCH3 is 1. The van der Waals surface area contributed by atoms with E-state index < -0.39 is 0 Å². The van der Waals surface area contributed by atoms with Gasteiger partial charge in [0.25, 0.3) is 0 Å². The van der Waals surface area contributed by atoms with Crippen LogP contribution in [0, 0.1) is 0 Å². The standard InChI is InChI=1S/C12H20O2/c1-14-12(7-4-8-12)9-11(13)10-5-2-3-6-10/h5,11,13H,2-4,6-9H2,1H3. The van der Waals surface area contributed by atoms with Gasteiger partial charge in [-0.15, -0.1) is 0 Å². The Kier molecular flexibility index (Phi) is 2.93. The maximum Gasteiger partial charge on any atom is 0.0777 e. The van der Waals surface area contributed by atoms with Gasteiger partial charge in [-0.3, -0.25) is 0 Å². The molecular formula is C12H20O2. The minimum atomic E-state index is -0.252. The van der Waals surface area contributed by atoms with Crippen LogP contribution in [0.15, 0.2) is 11.6 Å². The Morgan fingerprint density at radius 1 is 1.50 bits per heavy atom. The van der Waals surface area contributed by atoms with Crippen molar-refractivity contribution >= 4 is 0 Å². The van der Waals surface area contributed by atoms with Crippen molar-refractivity contribution in [1.82, 2.24) is 0 Å². The van der Waals surface area contributed by atoms with Crippen LogP contribution in [0.2, 0.25) is 0 Å². The van der Waals surface area contributed by atoms with Crippen molar-refractivity contribution in [3.05, 3.63) is 11.6 Å². The smallest absolute Gasteiger partial charge is 0.0777 e. The zero-order valence-electron chi connectivity index (χ0n) is 8.96. The SMILES string of the molecule is COC1(CC(O)C2=CCCC2)CCC1. The van der Waals surface area contributed by atoms with Crippen LogP contribution in [-0.4, -0.2) is 23.9 Å². The maximum atomic E-state index is 10.0. The molecular weight excluding hydrogens is 176 g/mol. The van der Waals surface area contributed by atoms with Gasteiger partial charge < -0.3 is 9.84 Å². The van der Waals surface area contributed by atoms with E-state index in [0.29, 0.717) is 0 Å². The summed E-state index contributed by atoms with van der Waals surface area (Å²) >= 11 is 0. The zero-order valence-corrected chi connectivity index (χ0v) is 8.96. The van der Waals surface area contributed by atoms with Gasteiger partial charge in [0.1, 0.15) is 0 Å². The highest BCUT2D eigenvalue weighted by Gasteiger charge is 2.39. The first kappa shape index (κ1) is 10.2. The first-order valence-corrected chi connectivity index (χ1v) is 5.68. The second kappa shape index (κ2) is 4.03. The molecule has 0 aliphatic heterocycles. The fourth-order valence-electron chi connectivity index (χ4n) is 2.54. The van der Waals surface area contributed by atoms with E-state index >= 15 is 0 Å². The van der Waals surface area contributed by atoms with Gasteiger partial charge in [-0.05, 0) is 44.1 Å². The second-order valence-electron chi connectivity index (χ2n) is 4.63. The van der Waals surface area contributed by atoms with Crippen LogP contribution in [0.1, 0.15) is 44.9 Å². The summed E-state index contributed by atoms with van der Waals surface area (Å²) < 4.78 is 5.52. The minimum absolute atomic E-state index is 0.00282. The van der Waals surface area contributed by atoms with Crippen molar-refractivity contribution < 1.29 is 9.84 Å². The summed E-state index contributed by atoms with van der Waals surface area (Å²) in [5.41, 5.74) is 1.25. The van der Waals surface area contributed by atoms with Gasteiger partial charge in [0, 0.05) is 13.5 Å². The van der Waals surface area contributed by atoms with E-state index in [4.69, 9.17) is 4.74 Å². The number of rotatable bonds is 4. The van der Waals surface area contributed by atoms with Crippen LogP contribution in [-0.2, 0) is 4.74 Å². The summed E-state index contributed by atoms with van der Waals surface area (Å²) in [5, 5.41) is 10.0. The Bertz CT molecular complexity index is 223. The molecule has 1 atom stereocenters. The molecule has 14 heavy (non-hydrogen) atoms. The van der Waals surface area contributed by atoms with E-state index in [2.05, 4.69) is 6.08 Å². The lowest BCUT2D eigenvalue weighted by molar-refractivity contribution is -0.0947. The van der Waals surface area contributed by atoms with Crippen molar-refractivity contribution in [3.63, 3.8) is 0 Å². The molecule has 2 aliphatic rings. The number of aliphatic hydroxyl groups excluding tert-OH is 1. The van der Waals surface area contributed by atoms with E-state index in [1.807, 2.05) is 0 Å². The molecule has 2 aliphatic carbocycles. The van der Waals surface area contributed by atoms with Crippen molar-refractivity contribution in [1.29, 1.82) is 0 Å².